The van der Waals surface area contributed by atoms with E-state index in [1.54, 1.807) is 0 Å². The predicted molar refractivity (Wildman–Crippen MR) is 40.3 cm³/mol. The number of primary amides is 1. The molecule has 2 N–H and O–H groups in total. The highest BCUT2D eigenvalue weighted by Gasteiger charge is 2.38. The molecule has 76 valence electrons. The number of halogens is 3. The number of hydrogen-bond acceptors (Lipinski definition) is 2. The van der Waals surface area contributed by atoms with Crippen molar-refractivity contribution in [2.75, 3.05) is 0 Å². The molecule has 0 aromatic carbocycles. The molecule has 1 heterocycles. The summed E-state index contributed by atoms with van der Waals surface area (Å²) in [6, 6.07) is 0. The molecule has 0 bridgehead atoms. The summed E-state index contributed by atoms with van der Waals surface area (Å²) in [4.78, 5) is 24.1. The summed E-state index contributed by atoms with van der Waals surface area (Å²) in [5, 5.41) is 0. The van der Waals surface area contributed by atoms with Crippen LogP contribution in [0.1, 0.15) is 0 Å². The monoisotopic (exact) mass is 206 g/mol. The Morgan fingerprint density at radius 1 is 1.50 bits per heavy atom. The van der Waals surface area contributed by atoms with Crippen LogP contribution in [0.2, 0.25) is 0 Å². The second-order valence-corrected chi connectivity index (χ2v) is 2.57. The zero-order valence-corrected chi connectivity index (χ0v) is 6.71. The number of nitrogens with zero attached hydrogens (tertiary/aromatic N) is 1. The topological polar surface area (TPSA) is 72.5 Å². The first kappa shape index (κ1) is 10.4. The molecular formula is C7H5F3N2O2. The fourth-order valence-corrected chi connectivity index (χ4v) is 0.870. The van der Waals surface area contributed by atoms with Crippen molar-refractivity contribution in [2.24, 2.45) is 16.6 Å². The van der Waals surface area contributed by atoms with E-state index in [4.69, 9.17) is 5.73 Å². The third-order valence-corrected chi connectivity index (χ3v) is 1.54. The molecule has 1 atom stereocenters. The first-order valence-electron chi connectivity index (χ1n) is 3.49. The number of rotatable bonds is 1. The molecule has 0 radical (unpaired) electrons. The maximum Gasteiger partial charge on any atom is 0.433 e. The van der Waals surface area contributed by atoms with Crippen LogP contribution in [-0.2, 0) is 9.59 Å². The molecule has 0 saturated carbocycles. The van der Waals surface area contributed by atoms with Gasteiger partial charge < -0.3 is 5.73 Å². The van der Waals surface area contributed by atoms with Crippen molar-refractivity contribution in [3.05, 3.63) is 12.2 Å². The van der Waals surface area contributed by atoms with E-state index >= 15 is 0 Å². The zero-order valence-electron chi connectivity index (χ0n) is 6.71. The highest BCUT2D eigenvalue weighted by molar-refractivity contribution is 6.14. The van der Waals surface area contributed by atoms with Crippen molar-refractivity contribution in [2.45, 2.75) is 6.18 Å². The maximum absolute atomic E-state index is 12.0. The van der Waals surface area contributed by atoms with E-state index < -0.39 is 29.6 Å². The minimum atomic E-state index is -4.69. The summed E-state index contributed by atoms with van der Waals surface area (Å²) in [6.07, 6.45) is -3.33. The molecule has 1 rings (SSSR count). The fourth-order valence-electron chi connectivity index (χ4n) is 0.870. The number of carbonyl (C=O) groups excluding carboxylic acids is 2. The van der Waals surface area contributed by atoms with Gasteiger partial charge in [0.1, 0.15) is 11.6 Å². The Kier molecular flexibility index (Phi) is 2.41. The van der Waals surface area contributed by atoms with Crippen LogP contribution in [0.5, 0.6) is 0 Å². The number of amides is 2. The van der Waals surface area contributed by atoms with Gasteiger partial charge in [0.25, 0.3) is 5.91 Å². The molecule has 0 saturated heterocycles. The lowest BCUT2D eigenvalue weighted by atomic mass is 10.0. The number of aliphatic imine (C=N–C) groups is 1. The standard InChI is InChI=1S/C7H5F3N2O2/c8-7(9,10)4-2-1-3(5(11)13)6(14)12-4/h1-3H,(H2,11,13). The first-order valence-corrected chi connectivity index (χ1v) is 3.49. The molecule has 0 aromatic rings. The largest absolute Gasteiger partial charge is 0.433 e. The van der Waals surface area contributed by atoms with Gasteiger partial charge in [-0.25, -0.2) is 4.99 Å². The summed E-state index contributed by atoms with van der Waals surface area (Å²) in [7, 11) is 0. The van der Waals surface area contributed by atoms with Gasteiger partial charge in [-0.2, -0.15) is 13.2 Å². The van der Waals surface area contributed by atoms with Crippen LogP contribution in [-0.4, -0.2) is 23.7 Å². The van der Waals surface area contributed by atoms with Gasteiger partial charge in [-0.1, -0.05) is 6.08 Å². The van der Waals surface area contributed by atoms with Gasteiger partial charge in [0.05, 0.1) is 0 Å². The Labute approximate surface area is 76.3 Å². The Balaban J connectivity index is 2.94. The van der Waals surface area contributed by atoms with Crippen molar-refractivity contribution >= 4 is 17.5 Å². The lowest BCUT2D eigenvalue weighted by Crippen LogP contribution is -2.33. The lowest BCUT2D eigenvalue weighted by molar-refractivity contribution is -0.129. The lowest BCUT2D eigenvalue weighted by Gasteiger charge is -2.12. The number of hydrogen-bond donors (Lipinski definition) is 1. The third kappa shape index (κ3) is 1.98. The molecular weight excluding hydrogens is 201 g/mol. The van der Waals surface area contributed by atoms with Crippen LogP contribution in [0, 0.1) is 5.92 Å². The summed E-state index contributed by atoms with van der Waals surface area (Å²) >= 11 is 0. The zero-order chi connectivity index (χ0) is 10.9. The van der Waals surface area contributed by atoms with Gasteiger partial charge in [0, 0.05) is 0 Å². The van der Waals surface area contributed by atoms with Crippen molar-refractivity contribution < 1.29 is 22.8 Å². The van der Waals surface area contributed by atoms with Gasteiger partial charge in [-0.15, -0.1) is 0 Å². The van der Waals surface area contributed by atoms with E-state index in [-0.39, 0.29) is 0 Å². The molecule has 0 aliphatic carbocycles. The van der Waals surface area contributed by atoms with Gasteiger partial charge in [0.2, 0.25) is 5.91 Å². The highest BCUT2D eigenvalue weighted by atomic mass is 19.4. The van der Waals surface area contributed by atoms with Crippen molar-refractivity contribution in [3.8, 4) is 0 Å². The molecule has 1 aliphatic rings. The molecule has 14 heavy (non-hydrogen) atoms. The number of allylic oxidation sites excluding steroid dienone is 1. The Hall–Kier alpha value is -1.66. The van der Waals surface area contributed by atoms with E-state index in [1.807, 2.05) is 0 Å². The van der Waals surface area contributed by atoms with Gasteiger partial charge in [-0.05, 0) is 6.08 Å². The van der Waals surface area contributed by atoms with Crippen molar-refractivity contribution in [1.82, 2.24) is 0 Å². The molecule has 7 heteroatoms. The number of carbonyl (C=O) groups is 2. The third-order valence-electron chi connectivity index (χ3n) is 1.54. The van der Waals surface area contributed by atoms with E-state index in [0.717, 1.165) is 6.08 Å². The average Bonchev–Trinajstić information content (AvgIpc) is 2.01. The Morgan fingerprint density at radius 2 is 2.07 bits per heavy atom. The van der Waals surface area contributed by atoms with E-state index in [0.29, 0.717) is 6.08 Å². The summed E-state index contributed by atoms with van der Waals surface area (Å²) in [5.41, 5.74) is 3.43. The fraction of sp³-hybridized carbons (Fsp3) is 0.286. The van der Waals surface area contributed by atoms with Crippen molar-refractivity contribution in [3.63, 3.8) is 0 Å². The predicted octanol–water partition coefficient (Wildman–Crippen LogP) is 0.188. The highest BCUT2D eigenvalue weighted by Crippen LogP contribution is 2.22. The van der Waals surface area contributed by atoms with Crippen LogP contribution >= 0.6 is 0 Å². The maximum atomic E-state index is 12.0. The number of nitrogens with two attached hydrogens (primary N) is 1. The van der Waals surface area contributed by atoms with Gasteiger partial charge >= 0.3 is 6.18 Å². The normalized spacial score (nSPS) is 22.1. The summed E-state index contributed by atoms with van der Waals surface area (Å²) in [5.74, 6) is -3.59. The minimum Gasteiger partial charge on any atom is -0.369 e. The second-order valence-electron chi connectivity index (χ2n) is 2.57. The molecule has 1 unspecified atom stereocenters. The van der Waals surface area contributed by atoms with Crippen LogP contribution in [0.3, 0.4) is 0 Å². The van der Waals surface area contributed by atoms with E-state index in [9.17, 15) is 22.8 Å². The summed E-state index contributed by atoms with van der Waals surface area (Å²) in [6.45, 7) is 0. The molecule has 0 spiro atoms. The molecule has 0 aromatic heterocycles. The second kappa shape index (κ2) is 3.24. The van der Waals surface area contributed by atoms with E-state index in [2.05, 4.69) is 4.99 Å². The minimum absolute atomic E-state index is 0.566. The van der Waals surface area contributed by atoms with Crippen molar-refractivity contribution in [1.29, 1.82) is 0 Å². The number of dihydropyridines is 1. The van der Waals surface area contributed by atoms with Crippen LogP contribution in [0.25, 0.3) is 0 Å². The first-order chi connectivity index (χ1) is 6.32. The van der Waals surface area contributed by atoms with E-state index in [1.165, 1.54) is 0 Å². The molecule has 4 nitrogen and oxygen atoms in total. The quantitative estimate of drug-likeness (QED) is 0.622. The van der Waals surface area contributed by atoms with Crippen LogP contribution < -0.4 is 5.73 Å². The molecule has 2 amide bonds. The smallest absolute Gasteiger partial charge is 0.369 e. The Morgan fingerprint density at radius 3 is 2.43 bits per heavy atom. The van der Waals surface area contributed by atoms with Gasteiger partial charge in [-0.3, -0.25) is 9.59 Å². The van der Waals surface area contributed by atoms with Crippen LogP contribution in [0.15, 0.2) is 17.1 Å². The molecule has 1 aliphatic heterocycles. The average molecular weight is 206 g/mol. The molecule has 0 fully saturated rings. The number of alkyl halides is 3. The summed E-state index contributed by atoms with van der Waals surface area (Å²) < 4.78 is 36.0. The Bertz CT molecular complexity index is 343. The van der Waals surface area contributed by atoms with Crippen LogP contribution in [0.4, 0.5) is 13.2 Å². The SMILES string of the molecule is NC(=O)C1C=CC(C(F)(F)F)=NC1=O. The van der Waals surface area contributed by atoms with Gasteiger partial charge in [0.15, 0.2) is 0 Å².